The molecule has 0 saturated heterocycles. The SMILES string of the molecule is C=CN=C1C2=C(C)Cc3c(sc4cc(C(=C)C)ccc34)C2=NN1CC(F)(F)F. The maximum atomic E-state index is 13.1. The van der Waals surface area contributed by atoms with Crippen LogP contribution < -0.4 is 0 Å². The molecule has 0 radical (unpaired) electrons. The summed E-state index contributed by atoms with van der Waals surface area (Å²) in [6, 6.07) is 6.18. The average molecular weight is 401 g/mol. The Morgan fingerprint density at radius 3 is 2.79 bits per heavy atom. The molecule has 0 fully saturated rings. The van der Waals surface area contributed by atoms with Crippen molar-refractivity contribution in [3.05, 3.63) is 64.7 Å². The van der Waals surface area contributed by atoms with E-state index >= 15 is 0 Å². The lowest BCUT2D eigenvalue weighted by atomic mass is 9.88. The highest BCUT2D eigenvalue weighted by Crippen LogP contribution is 2.42. The number of alkyl halides is 3. The predicted octanol–water partition coefficient (Wildman–Crippen LogP) is 5.93. The number of rotatable bonds is 3. The van der Waals surface area contributed by atoms with Crippen LogP contribution in [-0.2, 0) is 6.42 Å². The second kappa shape index (κ2) is 6.44. The number of nitrogens with zero attached hydrogens (tertiary/aromatic N) is 3. The van der Waals surface area contributed by atoms with E-state index in [1.165, 1.54) is 6.20 Å². The second-order valence-electron chi connectivity index (χ2n) is 6.99. The van der Waals surface area contributed by atoms with Gasteiger partial charge in [0.2, 0.25) is 0 Å². The van der Waals surface area contributed by atoms with Gasteiger partial charge in [0.1, 0.15) is 12.3 Å². The van der Waals surface area contributed by atoms with Crippen molar-refractivity contribution in [3.63, 3.8) is 0 Å². The van der Waals surface area contributed by atoms with Crippen LogP contribution in [0.3, 0.4) is 0 Å². The number of hydrogen-bond acceptors (Lipinski definition) is 3. The minimum Gasteiger partial charge on any atom is -0.237 e. The first-order valence-electron chi connectivity index (χ1n) is 8.73. The summed E-state index contributed by atoms with van der Waals surface area (Å²) in [6.07, 6.45) is -2.46. The Morgan fingerprint density at radius 1 is 1.39 bits per heavy atom. The lowest BCUT2D eigenvalue weighted by Gasteiger charge is -2.19. The van der Waals surface area contributed by atoms with E-state index in [1.807, 2.05) is 19.9 Å². The van der Waals surface area contributed by atoms with Gasteiger partial charge in [0.05, 0.1) is 4.88 Å². The maximum Gasteiger partial charge on any atom is 0.408 e. The Morgan fingerprint density at radius 2 is 2.14 bits per heavy atom. The smallest absolute Gasteiger partial charge is 0.237 e. The maximum absolute atomic E-state index is 13.1. The van der Waals surface area contributed by atoms with E-state index in [0.29, 0.717) is 17.7 Å². The molecule has 0 unspecified atom stereocenters. The van der Waals surface area contributed by atoms with E-state index in [1.54, 1.807) is 11.3 Å². The third-order valence-corrected chi connectivity index (χ3v) is 6.04. The van der Waals surface area contributed by atoms with E-state index in [9.17, 15) is 13.2 Å². The summed E-state index contributed by atoms with van der Waals surface area (Å²) in [6.45, 7) is 10.2. The van der Waals surface area contributed by atoms with Crippen molar-refractivity contribution in [1.82, 2.24) is 5.01 Å². The summed E-state index contributed by atoms with van der Waals surface area (Å²) >= 11 is 1.56. The molecular weight excluding hydrogens is 383 g/mol. The number of halogens is 3. The molecular formula is C21H18F3N3S. The van der Waals surface area contributed by atoms with Crippen molar-refractivity contribution < 1.29 is 13.2 Å². The molecule has 2 heterocycles. The Hall–Kier alpha value is -2.67. The van der Waals surface area contributed by atoms with Crippen LogP contribution in [0, 0.1) is 0 Å². The Kier molecular flexibility index (Phi) is 4.30. The molecule has 0 spiro atoms. The topological polar surface area (TPSA) is 28.0 Å². The number of fused-ring (bicyclic) bond motifs is 5. The van der Waals surface area contributed by atoms with E-state index in [4.69, 9.17) is 0 Å². The molecule has 3 nitrogen and oxygen atoms in total. The van der Waals surface area contributed by atoms with E-state index in [-0.39, 0.29) is 5.84 Å². The Bertz CT molecular complexity index is 1120. The molecule has 28 heavy (non-hydrogen) atoms. The van der Waals surface area contributed by atoms with Crippen LogP contribution in [0.25, 0.3) is 15.7 Å². The van der Waals surface area contributed by atoms with Crippen molar-refractivity contribution in [2.24, 2.45) is 10.1 Å². The summed E-state index contributed by atoms with van der Waals surface area (Å²) in [5.41, 5.74) is 5.35. The van der Waals surface area contributed by atoms with Crippen molar-refractivity contribution >= 4 is 38.5 Å². The molecule has 1 aromatic carbocycles. The number of amidine groups is 1. The molecule has 2 aliphatic rings. The fraction of sp³-hybridized carbons (Fsp3) is 0.238. The molecule has 1 aliphatic carbocycles. The minimum absolute atomic E-state index is 0.213. The third-order valence-electron chi connectivity index (χ3n) is 4.84. The lowest BCUT2D eigenvalue weighted by molar-refractivity contribution is -0.137. The van der Waals surface area contributed by atoms with E-state index in [2.05, 4.69) is 35.4 Å². The first-order chi connectivity index (χ1) is 13.2. The summed E-state index contributed by atoms with van der Waals surface area (Å²) in [4.78, 5) is 5.03. The quantitative estimate of drug-likeness (QED) is 0.626. The van der Waals surface area contributed by atoms with Crippen LogP contribution in [0.4, 0.5) is 13.2 Å². The van der Waals surface area contributed by atoms with Gasteiger partial charge in [-0.25, -0.2) is 10.0 Å². The van der Waals surface area contributed by atoms with Gasteiger partial charge in [-0.05, 0) is 42.8 Å². The lowest BCUT2D eigenvalue weighted by Crippen LogP contribution is -2.33. The zero-order chi connectivity index (χ0) is 20.2. The molecule has 2 aromatic rings. The first-order valence-corrected chi connectivity index (χ1v) is 9.55. The normalized spacial score (nSPS) is 17.8. The van der Waals surface area contributed by atoms with Crippen LogP contribution in [0.1, 0.15) is 29.9 Å². The summed E-state index contributed by atoms with van der Waals surface area (Å²) in [5.74, 6) is 0.213. The van der Waals surface area contributed by atoms with Crippen LogP contribution in [-0.4, -0.2) is 29.3 Å². The zero-order valence-corrected chi connectivity index (χ0v) is 16.3. The first kappa shape index (κ1) is 18.7. The van der Waals surface area contributed by atoms with Crippen molar-refractivity contribution in [2.75, 3.05) is 6.54 Å². The molecule has 1 aliphatic heterocycles. The highest BCUT2D eigenvalue weighted by Gasteiger charge is 2.41. The highest BCUT2D eigenvalue weighted by molar-refractivity contribution is 7.21. The van der Waals surface area contributed by atoms with E-state index < -0.39 is 12.7 Å². The van der Waals surface area contributed by atoms with Gasteiger partial charge in [-0.2, -0.15) is 18.3 Å². The second-order valence-corrected chi connectivity index (χ2v) is 8.04. The molecule has 7 heteroatoms. The monoisotopic (exact) mass is 401 g/mol. The van der Waals surface area contributed by atoms with E-state index in [0.717, 1.165) is 42.2 Å². The number of benzene rings is 1. The standard InChI is InChI=1S/C21H18F3N3S/c1-5-25-20-17-12(4)8-15-14-7-6-13(11(2)3)9-16(14)28-19(15)18(17)26-27(20)10-21(22,23)24/h5-7,9H,1-2,8,10H2,3-4H3. The zero-order valence-electron chi connectivity index (χ0n) is 15.5. The number of hydrogen-bond donors (Lipinski definition) is 0. The van der Waals surface area contributed by atoms with Gasteiger partial charge in [-0.1, -0.05) is 36.4 Å². The summed E-state index contributed by atoms with van der Waals surface area (Å²) < 4.78 is 40.3. The molecule has 0 bridgehead atoms. The number of hydrazone groups is 1. The predicted molar refractivity (Wildman–Crippen MR) is 110 cm³/mol. The van der Waals surface area contributed by atoms with Gasteiger partial charge in [0.25, 0.3) is 0 Å². The van der Waals surface area contributed by atoms with Crippen LogP contribution in [0.15, 0.2) is 58.8 Å². The molecule has 144 valence electrons. The van der Waals surface area contributed by atoms with Crippen molar-refractivity contribution in [2.45, 2.75) is 26.4 Å². The molecule has 0 amide bonds. The van der Waals surface area contributed by atoms with Gasteiger partial charge in [0.15, 0.2) is 5.84 Å². The summed E-state index contributed by atoms with van der Waals surface area (Å²) in [5, 5.41) is 6.38. The minimum atomic E-state index is -4.38. The Labute approximate surface area is 164 Å². The van der Waals surface area contributed by atoms with Gasteiger partial charge < -0.3 is 0 Å². The van der Waals surface area contributed by atoms with Crippen LogP contribution >= 0.6 is 11.3 Å². The van der Waals surface area contributed by atoms with Gasteiger partial charge in [-0.3, -0.25) is 0 Å². The molecule has 1 aromatic heterocycles. The van der Waals surface area contributed by atoms with Gasteiger partial charge in [-0.15, -0.1) is 11.3 Å². The third kappa shape index (κ3) is 2.99. The van der Waals surface area contributed by atoms with Crippen LogP contribution in [0.5, 0.6) is 0 Å². The molecule has 0 N–H and O–H groups in total. The molecule has 0 atom stereocenters. The van der Waals surface area contributed by atoms with Crippen LogP contribution in [0.2, 0.25) is 0 Å². The number of aliphatic imine (C=N–C) groups is 1. The number of allylic oxidation sites excluding steroid dienone is 2. The highest BCUT2D eigenvalue weighted by atomic mass is 32.1. The van der Waals surface area contributed by atoms with Crippen molar-refractivity contribution in [3.8, 4) is 0 Å². The molecule has 4 rings (SSSR count). The fourth-order valence-electron chi connectivity index (χ4n) is 3.64. The largest absolute Gasteiger partial charge is 0.408 e. The Balaban J connectivity index is 1.90. The number of thiophene rings is 1. The fourth-order valence-corrected chi connectivity index (χ4v) is 4.89. The van der Waals surface area contributed by atoms with Gasteiger partial charge in [0, 0.05) is 16.5 Å². The van der Waals surface area contributed by atoms with Gasteiger partial charge >= 0.3 is 6.18 Å². The molecule has 0 saturated carbocycles. The average Bonchev–Trinajstić information content (AvgIpc) is 3.12. The van der Waals surface area contributed by atoms with Crippen molar-refractivity contribution in [1.29, 1.82) is 0 Å². The summed E-state index contributed by atoms with van der Waals surface area (Å²) in [7, 11) is 0.